The summed E-state index contributed by atoms with van der Waals surface area (Å²) in [7, 11) is 0. The van der Waals surface area contributed by atoms with Gasteiger partial charge in [-0.05, 0) is 30.2 Å². The number of pyridine rings is 1. The van der Waals surface area contributed by atoms with Gasteiger partial charge in [0.15, 0.2) is 30.3 Å². The van der Waals surface area contributed by atoms with E-state index in [0.717, 1.165) is 38.5 Å². The summed E-state index contributed by atoms with van der Waals surface area (Å²) in [4.78, 5) is 62.1. The molecule has 13 heteroatoms. The van der Waals surface area contributed by atoms with Gasteiger partial charge in [-0.3, -0.25) is 24.0 Å². The molecule has 5 unspecified atom stereocenters. The highest BCUT2D eigenvalue weighted by molar-refractivity contribution is 7.71. The normalized spacial score (nSPS) is 20.7. The number of carbonyl (C=O) groups excluding carboxylic acids is 5. The Morgan fingerprint density at radius 1 is 0.848 bits per heavy atom. The second kappa shape index (κ2) is 14.0. The van der Waals surface area contributed by atoms with Crippen molar-refractivity contribution in [2.24, 2.45) is 0 Å². The molecule has 1 aliphatic heterocycles. The highest BCUT2D eigenvalue weighted by atomic mass is 32.1. The third-order valence-corrected chi connectivity index (χ3v) is 7.80. The van der Waals surface area contributed by atoms with Crippen LogP contribution in [0.25, 0.3) is 21.9 Å². The fourth-order valence-electron chi connectivity index (χ4n) is 5.77. The van der Waals surface area contributed by atoms with Gasteiger partial charge in [0.25, 0.3) is 0 Å². The van der Waals surface area contributed by atoms with Crippen LogP contribution in [0.5, 0.6) is 0 Å². The van der Waals surface area contributed by atoms with Crippen molar-refractivity contribution in [2.75, 3.05) is 6.61 Å². The first-order chi connectivity index (χ1) is 21.8. The molecule has 1 saturated heterocycles. The minimum atomic E-state index is -1.50. The smallest absolute Gasteiger partial charge is 0.303 e. The third kappa shape index (κ3) is 6.83. The lowest BCUT2D eigenvalue weighted by Crippen LogP contribution is -2.60. The molecule has 1 fully saturated rings. The summed E-state index contributed by atoms with van der Waals surface area (Å²) in [6.45, 7) is 6.99. The summed E-state index contributed by atoms with van der Waals surface area (Å²) in [5, 5.41) is 12.2. The molecule has 0 N–H and O–H groups in total. The Morgan fingerprint density at radius 2 is 1.43 bits per heavy atom. The predicted molar refractivity (Wildman–Crippen MR) is 165 cm³/mol. The number of hydrogen-bond donors (Lipinski definition) is 0. The molecule has 0 bridgehead atoms. The van der Waals surface area contributed by atoms with Crippen LogP contribution in [0.2, 0.25) is 0 Å². The predicted octanol–water partition coefficient (Wildman–Crippen LogP) is 4.68. The van der Waals surface area contributed by atoms with E-state index in [-0.39, 0.29) is 21.5 Å². The summed E-state index contributed by atoms with van der Waals surface area (Å²) < 4.78 is 29.5. The van der Waals surface area contributed by atoms with Crippen LogP contribution in [-0.2, 0) is 42.9 Å². The van der Waals surface area contributed by atoms with E-state index in [4.69, 9.17) is 35.9 Å². The van der Waals surface area contributed by atoms with E-state index in [1.807, 2.05) is 36.4 Å². The fraction of sp³-hybridized carbons (Fsp3) is 0.364. The van der Waals surface area contributed by atoms with E-state index in [0.29, 0.717) is 11.1 Å². The Labute approximate surface area is 269 Å². The van der Waals surface area contributed by atoms with Crippen LogP contribution in [0.15, 0.2) is 42.5 Å². The van der Waals surface area contributed by atoms with Crippen LogP contribution in [0.4, 0.5) is 0 Å². The molecule has 4 rings (SSSR count). The number of nitrogens with zero attached hydrogens (tertiary/aromatic N) is 2. The Morgan fingerprint density at radius 3 is 2.02 bits per heavy atom. The highest BCUT2D eigenvalue weighted by Gasteiger charge is 2.53. The van der Waals surface area contributed by atoms with Gasteiger partial charge in [-0.1, -0.05) is 54.7 Å². The topological polar surface area (TPSA) is 160 Å². The van der Waals surface area contributed by atoms with Crippen molar-refractivity contribution in [3.63, 3.8) is 0 Å². The second-order valence-electron chi connectivity index (χ2n) is 10.7. The van der Waals surface area contributed by atoms with Gasteiger partial charge in [0, 0.05) is 44.5 Å². The molecule has 0 aliphatic carbocycles. The zero-order chi connectivity index (χ0) is 33.9. The highest BCUT2D eigenvalue weighted by Crippen LogP contribution is 2.41. The van der Waals surface area contributed by atoms with E-state index in [1.54, 1.807) is 13.0 Å². The number of esters is 4. The Balaban J connectivity index is 2.06. The van der Waals surface area contributed by atoms with E-state index in [2.05, 4.69) is 6.07 Å². The number of rotatable bonds is 8. The zero-order valence-electron chi connectivity index (χ0n) is 26.0. The lowest BCUT2D eigenvalue weighted by atomic mass is 9.89. The number of fused-ring (bicyclic) bond motifs is 1. The van der Waals surface area contributed by atoms with Crippen LogP contribution < -0.4 is 0 Å². The second-order valence-corrected chi connectivity index (χ2v) is 11.1. The van der Waals surface area contributed by atoms with Gasteiger partial charge in [0.2, 0.25) is 0 Å². The van der Waals surface area contributed by atoms with Gasteiger partial charge in [-0.25, -0.2) is 0 Å². The maximum Gasteiger partial charge on any atom is 0.303 e. The maximum atomic E-state index is 13.4. The standard InChI is InChI=1S/C33H32N2O10S/c1-16-27(17(2)36)28(24-13-9-11-22-10-7-8-12-23(22)24)25(14-34)33(46)35(16)32-31(44-21(6)40)30(43-20(5)39)29(42-19(4)38)26(45-32)15-41-18(3)37/h7-13,26,29-32H,15H2,1-6H3. The Kier molecular flexibility index (Phi) is 10.3. The molecule has 1 aromatic heterocycles. The summed E-state index contributed by atoms with van der Waals surface area (Å²) in [6.07, 6.45) is -7.08. The molecule has 0 saturated carbocycles. The van der Waals surface area contributed by atoms with Crippen molar-refractivity contribution in [1.29, 1.82) is 5.26 Å². The number of aromatic nitrogens is 1. The molecular weight excluding hydrogens is 616 g/mol. The number of hydrogen-bond acceptors (Lipinski definition) is 12. The minimum Gasteiger partial charge on any atom is -0.463 e. The van der Waals surface area contributed by atoms with E-state index in [9.17, 15) is 29.2 Å². The summed E-state index contributed by atoms with van der Waals surface area (Å²) >= 11 is 5.88. The van der Waals surface area contributed by atoms with Gasteiger partial charge in [0.05, 0.1) is 5.56 Å². The summed E-state index contributed by atoms with van der Waals surface area (Å²) in [5.41, 5.74) is 1.28. The first-order valence-corrected chi connectivity index (χ1v) is 14.7. The fourth-order valence-corrected chi connectivity index (χ4v) is 6.16. The summed E-state index contributed by atoms with van der Waals surface area (Å²) in [6, 6.07) is 15.1. The third-order valence-electron chi connectivity index (χ3n) is 7.40. The molecule has 12 nitrogen and oxygen atoms in total. The SMILES string of the molecule is CC(=O)OCC1OC(n2c(C)c(C(C)=O)c(-c3cccc4ccccc34)c(C#N)c2=S)C(OC(C)=O)C(OC(C)=O)C1OC(C)=O. The first-order valence-electron chi connectivity index (χ1n) is 14.3. The molecule has 2 heterocycles. The van der Waals surface area contributed by atoms with Gasteiger partial charge in [-0.2, -0.15) is 5.26 Å². The Bertz CT molecular complexity index is 1840. The van der Waals surface area contributed by atoms with E-state index < -0.39 is 66.9 Å². The van der Waals surface area contributed by atoms with Crippen LogP contribution in [-0.4, -0.2) is 65.3 Å². The first kappa shape index (κ1) is 34.0. The van der Waals surface area contributed by atoms with Crippen LogP contribution in [0, 0.1) is 22.9 Å². The number of carbonyl (C=O) groups is 5. The van der Waals surface area contributed by atoms with Crippen LogP contribution in [0.1, 0.15) is 62.5 Å². The molecule has 46 heavy (non-hydrogen) atoms. The number of ether oxygens (including phenoxy) is 5. The molecule has 1 aliphatic rings. The number of benzene rings is 2. The largest absolute Gasteiger partial charge is 0.463 e. The van der Waals surface area contributed by atoms with Gasteiger partial charge < -0.3 is 28.3 Å². The molecule has 0 spiro atoms. The van der Waals surface area contributed by atoms with Gasteiger partial charge in [0.1, 0.15) is 23.4 Å². The monoisotopic (exact) mass is 648 g/mol. The number of ketones is 1. The number of Topliss-reactive ketones (excluding diaryl/α,β-unsaturated/α-hetero) is 1. The van der Waals surface area contributed by atoms with E-state index in [1.165, 1.54) is 11.5 Å². The van der Waals surface area contributed by atoms with Crippen molar-refractivity contribution in [2.45, 2.75) is 72.2 Å². The molecular formula is C33H32N2O10S. The van der Waals surface area contributed by atoms with Crippen molar-refractivity contribution in [3.05, 3.63) is 63.9 Å². The van der Waals surface area contributed by atoms with E-state index >= 15 is 0 Å². The van der Waals surface area contributed by atoms with Gasteiger partial charge in [-0.15, -0.1) is 0 Å². The lowest BCUT2D eigenvalue weighted by molar-refractivity contribution is -0.269. The van der Waals surface area contributed by atoms with Crippen molar-refractivity contribution < 1.29 is 47.7 Å². The van der Waals surface area contributed by atoms with Crippen molar-refractivity contribution >= 4 is 52.7 Å². The molecule has 0 radical (unpaired) electrons. The quantitative estimate of drug-likeness (QED) is 0.144. The van der Waals surface area contributed by atoms with Crippen molar-refractivity contribution in [1.82, 2.24) is 4.57 Å². The average molecular weight is 649 g/mol. The summed E-state index contributed by atoms with van der Waals surface area (Å²) in [5.74, 6) is -3.46. The molecule has 0 amide bonds. The maximum absolute atomic E-state index is 13.4. The van der Waals surface area contributed by atoms with Gasteiger partial charge >= 0.3 is 23.9 Å². The number of nitriles is 1. The zero-order valence-corrected chi connectivity index (χ0v) is 26.8. The average Bonchev–Trinajstić information content (AvgIpc) is 2.97. The lowest BCUT2D eigenvalue weighted by Gasteiger charge is -2.45. The Hall–Kier alpha value is -4.93. The van der Waals surface area contributed by atoms with Crippen LogP contribution in [0.3, 0.4) is 0 Å². The van der Waals surface area contributed by atoms with Crippen molar-refractivity contribution in [3.8, 4) is 17.2 Å². The molecule has 3 aromatic rings. The molecule has 240 valence electrons. The molecule has 2 aromatic carbocycles. The van der Waals surface area contributed by atoms with Crippen LogP contribution >= 0.6 is 12.2 Å². The molecule has 5 atom stereocenters. The minimum absolute atomic E-state index is 0.0324.